The summed E-state index contributed by atoms with van der Waals surface area (Å²) in [4.78, 5) is 14.7. The highest BCUT2D eigenvalue weighted by molar-refractivity contribution is 5.90. The lowest BCUT2D eigenvalue weighted by atomic mass is 9.47. The number of nitriles is 1. The highest BCUT2D eigenvalue weighted by Gasteiger charge is 2.71. The van der Waals surface area contributed by atoms with E-state index in [2.05, 4.69) is 6.07 Å². The zero-order valence-corrected chi connectivity index (χ0v) is 12.8. The van der Waals surface area contributed by atoms with Crippen molar-refractivity contribution in [3.05, 3.63) is 0 Å². The Kier molecular flexibility index (Phi) is 3.83. The second kappa shape index (κ2) is 5.01. The van der Waals surface area contributed by atoms with Crippen LogP contribution in [-0.2, 0) is 9.53 Å². The number of rotatable bonds is 4. The summed E-state index contributed by atoms with van der Waals surface area (Å²) in [6.07, 6.45) is 1.27. The summed E-state index contributed by atoms with van der Waals surface area (Å²) in [6.45, 7) is 9.09. The molecule has 0 spiro atoms. The molecule has 2 fully saturated rings. The third-order valence-corrected chi connectivity index (χ3v) is 5.16. The number of carbonyl (C=O) groups excluding carboxylic acids is 1. The van der Waals surface area contributed by atoms with Crippen LogP contribution in [0.5, 0.6) is 0 Å². The molecule has 1 aliphatic carbocycles. The zero-order valence-electron chi connectivity index (χ0n) is 12.8. The molecule has 0 radical (unpaired) electrons. The van der Waals surface area contributed by atoms with E-state index < -0.39 is 5.54 Å². The molecule has 0 aromatic rings. The van der Waals surface area contributed by atoms with Crippen molar-refractivity contribution in [3.63, 3.8) is 0 Å². The van der Waals surface area contributed by atoms with Crippen LogP contribution in [0.3, 0.4) is 0 Å². The summed E-state index contributed by atoms with van der Waals surface area (Å²) in [5.41, 5.74) is 5.34. The fraction of sp³-hybridized carbons (Fsp3) is 0.867. The van der Waals surface area contributed by atoms with Crippen molar-refractivity contribution in [2.75, 3.05) is 13.2 Å². The Morgan fingerprint density at radius 1 is 1.55 bits per heavy atom. The standard InChI is InChI=1S/C15H25N3O2/c1-10(2)18(8-5-7-16)13(19)15(17)11-6-9-20-12(11)14(15,3)4/h10-12H,5-6,8-9,17H2,1-4H3. The van der Waals surface area contributed by atoms with Gasteiger partial charge in [-0.15, -0.1) is 0 Å². The predicted molar refractivity (Wildman–Crippen MR) is 75.6 cm³/mol. The Bertz CT molecular complexity index is 441. The van der Waals surface area contributed by atoms with Gasteiger partial charge in [0, 0.05) is 30.5 Å². The number of fused-ring (bicyclic) bond motifs is 1. The number of hydrogen-bond donors (Lipinski definition) is 1. The largest absolute Gasteiger partial charge is 0.377 e. The second-order valence-corrected chi connectivity index (χ2v) is 6.78. The van der Waals surface area contributed by atoms with Crippen LogP contribution in [0.15, 0.2) is 0 Å². The van der Waals surface area contributed by atoms with Crippen molar-refractivity contribution in [2.24, 2.45) is 17.1 Å². The summed E-state index contributed by atoms with van der Waals surface area (Å²) >= 11 is 0. The molecule has 2 N–H and O–H groups in total. The van der Waals surface area contributed by atoms with Crippen LogP contribution in [0.2, 0.25) is 0 Å². The van der Waals surface area contributed by atoms with Gasteiger partial charge in [-0.25, -0.2) is 0 Å². The maximum Gasteiger partial charge on any atom is 0.243 e. The molecule has 0 aromatic carbocycles. The predicted octanol–water partition coefficient (Wildman–Crippen LogP) is 1.28. The third-order valence-electron chi connectivity index (χ3n) is 5.16. The molecule has 0 aromatic heterocycles. The van der Waals surface area contributed by atoms with Crippen LogP contribution in [0.25, 0.3) is 0 Å². The molecule has 1 saturated heterocycles. The van der Waals surface area contributed by atoms with Crippen LogP contribution < -0.4 is 5.73 Å². The quantitative estimate of drug-likeness (QED) is 0.840. The highest BCUT2D eigenvalue weighted by atomic mass is 16.5. The molecule has 1 heterocycles. The van der Waals surface area contributed by atoms with E-state index in [1.54, 1.807) is 4.90 Å². The minimum atomic E-state index is -0.867. The van der Waals surface area contributed by atoms with Crippen molar-refractivity contribution in [1.29, 1.82) is 5.26 Å². The van der Waals surface area contributed by atoms with Gasteiger partial charge in [0.25, 0.3) is 0 Å². The summed E-state index contributed by atoms with van der Waals surface area (Å²) in [6, 6.07) is 2.15. The van der Waals surface area contributed by atoms with Crippen molar-refractivity contribution >= 4 is 5.91 Å². The van der Waals surface area contributed by atoms with E-state index >= 15 is 0 Å². The van der Waals surface area contributed by atoms with Gasteiger partial charge in [-0.3, -0.25) is 4.79 Å². The first-order valence-corrected chi connectivity index (χ1v) is 7.37. The number of carbonyl (C=O) groups is 1. The Balaban J connectivity index is 2.24. The molecular formula is C15H25N3O2. The van der Waals surface area contributed by atoms with Crippen molar-refractivity contribution in [1.82, 2.24) is 4.90 Å². The SMILES string of the molecule is CC(C)N(CCC#N)C(=O)C1(N)C2CCOC2C1(C)C. The zero-order chi connectivity index (χ0) is 15.1. The van der Waals surface area contributed by atoms with Crippen molar-refractivity contribution < 1.29 is 9.53 Å². The Morgan fingerprint density at radius 2 is 2.20 bits per heavy atom. The van der Waals surface area contributed by atoms with Crippen molar-refractivity contribution in [2.45, 2.75) is 58.2 Å². The van der Waals surface area contributed by atoms with E-state index in [-0.39, 0.29) is 29.4 Å². The Morgan fingerprint density at radius 3 is 2.75 bits per heavy atom. The maximum atomic E-state index is 13.0. The minimum Gasteiger partial charge on any atom is -0.377 e. The molecule has 2 rings (SSSR count). The molecule has 1 saturated carbocycles. The summed E-state index contributed by atoms with van der Waals surface area (Å²) in [5, 5.41) is 8.77. The van der Waals surface area contributed by atoms with Crippen LogP contribution in [0.1, 0.15) is 40.5 Å². The number of nitrogens with zero attached hydrogens (tertiary/aromatic N) is 2. The van der Waals surface area contributed by atoms with Crippen molar-refractivity contribution in [3.8, 4) is 6.07 Å². The average molecular weight is 279 g/mol. The van der Waals surface area contributed by atoms with Crippen LogP contribution >= 0.6 is 0 Å². The van der Waals surface area contributed by atoms with E-state index in [1.807, 2.05) is 27.7 Å². The van der Waals surface area contributed by atoms with Gasteiger partial charge in [0.1, 0.15) is 5.54 Å². The number of amides is 1. The average Bonchev–Trinajstić information content (AvgIpc) is 2.85. The Labute approximate surface area is 121 Å². The topological polar surface area (TPSA) is 79.4 Å². The van der Waals surface area contributed by atoms with Crippen LogP contribution in [0.4, 0.5) is 0 Å². The van der Waals surface area contributed by atoms with Gasteiger partial charge < -0.3 is 15.4 Å². The molecule has 2 aliphatic rings. The summed E-state index contributed by atoms with van der Waals surface area (Å²) in [7, 11) is 0. The van der Waals surface area contributed by atoms with E-state index in [9.17, 15) is 4.79 Å². The molecule has 1 aliphatic heterocycles. The Hall–Kier alpha value is -1.12. The molecule has 5 heteroatoms. The fourth-order valence-electron chi connectivity index (χ4n) is 3.82. The minimum absolute atomic E-state index is 0.0282. The number of ether oxygens (including phenoxy) is 1. The first-order valence-electron chi connectivity index (χ1n) is 7.37. The lowest BCUT2D eigenvalue weighted by Gasteiger charge is -2.62. The molecule has 1 amide bonds. The number of nitrogens with two attached hydrogens (primary N) is 1. The van der Waals surface area contributed by atoms with Gasteiger partial charge in [0.05, 0.1) is 18.6 Å². The molecule has 20 heavy (non-hydrogen) atoms. The smallest absolute Gasteiger partial charge is 0.243 e. The highest BCUT2D eigenvalue weighted by Crippen LogP contribution is 2.58. The van der Waals surface area contributed by atoms with Gasteiger partial charge in [-0.05, 0) is 20.3 Å². The van der Waals surface area contributed by atoms with Crippen LogP contribution in [0, 0.1) is 22.7 Å². The van der Waals surface area contributed by atoms with Gasteiger partial charge >= 0.3 is 0 Å². The van der Waals surface area contributed by atoms with E-state index in [4.69, 9.17) is 15.7 Å². The molecule has 5 nitrogen and oxygen atoms in total. The normalized spacial score (nSPS) is 34.2. The molecule has 3 atom stereocenters. The molecule has 0 bridgehead atoms. The molecular weight excluding hydrogens is 254 g/mol. The first kappa shape index (κ1) is 15.3. The van der Waals surface area contributed by atoms with Gasteiger partial charge in [0.15, 0.2) is 0 Å². The number of hydrogen-bond acceptors (Lipinski definition) is 4. The van der Waals surface area contributed by atoms with Gasteiger partial charge in [0.2, 0.25) is 5.91 Å². The van der Waals surface area contributed by atoms with E-state index in [0.717, 1.165) is 6.42 Å². The first-order chi connectivity index (χ1) is 9.28. The maximum absolute atomic E-state index is 13.0. The second-order valence-electron chi connectivity index (χ2n) is 6.78. The molecule has 3 unspecified atom stereocenters. The third kappa shape index (κ3) is 1.86. The van der Waals surface area contributed by atoms with Crippen LogP contribution in [-0.4, -0.2) is 41.6 Å². The van der Waals surface area contributed by atoms with E-state index in [0.29, 0.717) is 19.6 Å². The fourth-order valence-corrected chi connectivity index (χ4v) is 3.82. The van der Waals surface area contributed by atoms with Gasteiger partial charge in [-0.1, -0.05) is 13.8 Å². The summed E-state index contributed by atoms with van der Waals surface area (Å²) < 4.78 is 5.73. The monoisotopic (exact) mass is 279 g/mol. The lowest BCUT2D eigenvalue weighted by Crippen LogP contribution is -2.80. The lowest BCUT2D eigenvalue weighted by molar-refractivity contribution is -0.185. The summed E-state index contributed by atoms with van der Waals surface area (Å²) in [5.74, 6) is 0.0767. The van der Waals surface area contributed by atoms with E-state index in [1.165, 1.54) is 0 Å². The van der Waals surface area contributed by atoms with Gasteiger partial charge in [-0.2, -0.15) is 5.26 Å². The molecule has 112 valence electrons.